The molecule has 3 N–H and O–H groups in total. The largest absolute Gasteiger partial charge is 0.392 e. The number of urea groups is 1. The second kappa shape index (κ2) is 11.6. The van der Waals surface area contributed by atoms with E-state index in [0.717, 1.165) is 22.5 Å². The van der Waals surface area contributed by atoms with E-state index in [4.69, 9.17) is 9.72 Å². The fourth-order valence-electron chi connectivity index (χ4n) is 4.69. The summed E-state index contributed by atoms with van der Waals surface area (Å²) in [5, 5.41) is 15.8. The number of hydrogen-bond acceptors (Lipinski definition) is 6. The number of likely N-dealkylation sites (tertiary alicyclic amines) is 1. The zero-order valence-electron chi connectivity index (χ0n) is 21.1. The highest BCUT2D eigenvalue weighted by atomic mass is 19.4. The molecule has 2 fully saturated rings. The highest BCUT2D eigenvalue weighted by Crippen LogP contribution is 2.33. The minimum absolute atomic E-state index is 0.0929. The van der Waals surface area contributed by atoms with Crippen molar-refractivity contribution in [2.24, 2.45) is 5.92 Å². The van der Waals surface area contributed by atoms with Crippen LogP contribution in [-0.4, -0.2) is 79.2 Å². The Kier molecular flexibility index (Phi) is 8.43. The fraction of sp³-hybridized carbons (Fsp3) is 0.538. The van der Waals surface area contributed by atoms with Crippen LogP contribution in [0.15, 0.2) is 30.3 Å². The van der Waals surface area contributed by atoms with Crippen LogP contribution in [0.3, 0.4) is 0 Å². The number of anilines is 3. The van der Waals surface area contributed by atoms with Gasteiger partial charge in [-0.3, -0.25) is 0 Å². The molecule has 0 spiro atoms. The summed E-state index contributed by atoms with van der Waals surface area (Å²) in [6, 6.07) is 9.06. The van der Waals surface area contributed by atoms with Crippen LogP contribution in [0.4, 0.5) is 35.3 Å². The van der Waals surface area contributed by atoms with Crippen molar-refractivity contribution in [3.8, 4) is 11.1 Å². The van der Waals surface area contributed by atoms with Crippen LogP contribution >= 0.6 is 0 Å². The number of carbonyl (C=O) groups excluding carboxylic acids is 1. The number of morpholine rings is 1. The summed E-state index contributed by atoms with van der Waals surface area (Å²) in [5.41, 5.74) is 3.34. The van der Waals surface area contributed by atoms with E-state index in [1.54, 1.807) is 13.0 Å². The van der Waals surface area contributed by atoms with Crippen molar-refractivity contribution in [2.45, 2.75) is 39.0 Å². The number of aryl methyl sites for hydroxylation is 1. The topological polar surface area (TPSA) is 90.0 Å². The first-order valence-electron chi connectivity index (χ1n) is 12.6. The Morgan fingerprint density at radius 3 is 2.68 bits per heavy atom. The molecule has 0 bridgehead atoms. The SMILES string of the molecule is Cc1ccc(NC(=O)N2CC[C@@H](CC(F)(F)F)C2)cc1-c1cc(NCC(C)O)nc(N2CCOCC2)c1. The zero-order chi connectivity index (χ0) is 26.6. The summed E-state index contributed by atoms with van der Waals surface area (Å²) in [7, 11) is 0. The zero-order valence-corrected chi connectivity index (χ0v) is 21.1. The molecule has 2 aliphatic rings. The predicted molar refractivity (Wildman–Crippen MR) is 137 cm³/mol. The first kappa shape index (κ1) is 27.0. The van der Waals surface area contributed by atoms with E-state index in [-0.39, 0.29) is 6.54 Å². The third kappa shape index (κ3) is 7.48. The van der Waals surface area contributed by atoms with Crippen molar-refractivity contribution in [1.82, 2.24) is 9.88 Å². The number of nitrogens with one attached hydrogen (secondary N) is 2. The van der Waals surface area contributed by atoms with Gasteiger partial charge in [0, 0.05) is 44.8 Å². The number of nitrogens with zero attached hydrogens (tertiary/aromatic N) is 3. The van der Waals surface area contributed by atoms with E-state index >= 15 is 0 Å². The van der Waals surface area contributed by atoms with Gasteiger partial charge in [-0.05, 0) is 67.1 Å². The van der Waals surface area contributed by atoms with Gasteiger partial charge in [0.2, 0.25) is 0 Å². The Morgan fingerprint density at radius 2 is 1.97 bits per heavy atom. The molecular weight excluding hydrogens is 487 g/mol. The Hall–Kier alpha value is -3.05. The number of alkyl halides is 3. The molecule has 1 unspecified atom stereocenters. The second-order valence-corrected chi connectivity index (χ2v) is 9.81. The normalized spacial score (nSPS) is 19.1. The van der Waals surface area contributed by atoms with Crippen LogP contribution in [-0.2, 0) is 4.74 Å². The number of aliphatic hydroxyl groups excluding tert-OH is 1. The molecule has 2 aromatic rings. The number of amides is 2. The van der Waals surface area contributed by atoms with E-state index < -0.39 is 30.7 Å². The average molecular weight is 522 g/mol. The van der Waals surface area contributed by atoms with Crippen molar-refractivity contribution in [3.05, 3.63) is 35.9 Å². The molecule has 3 heterocycles. The number of rotatable bonds is 7. The molecule has 202 valence electrons. The van der Waals surface area contributed by atoms with Crippen molar-refractivity contribution >= 4 is 23.4 Å². The molecule has 2 atom stereocenters. The molecule has 37 heavy (non-hydrogen) atoms. The molecule has 2 saturated heterocycles. The van der Waals surface area contributed by atoms with Crippen LogP contribution in [0, 0.1) is 12.8 Å². The molecule has 8 nitrogen and oxygen atoms in total. The minimum Gasteiger partial charge on any atom is -0.392 e. The molecule has 4 rings (SSSR count). The summed E-state index contributed by atoms with van der Waals surface area (Å²) in [5.74, 6) is 0.847. The van der Waals surface area contributed by atoms with Gasteiger partial charge >= 0.3 is 12.2 Å². The van der Waals surface area contributed by atoms with E-state index in [0.29, 0.717) is 57.3 Å². The van der Waals surface area contributed by atoms with Gasteiger partial charge in [-0.2, -0.15) is 13.2 Å². The first-order chi connectivity index (χ1) is 17.6. The lowest BCUT2D eigenvalue weighted by Crippen LogP contribution is -2.36. The Labute approximate surface area is 214 Å². The maximum atomic E-state index is 12.8. The van der Waals surface area contributed by atoms with Crippen LogP contribution in [0.2, 0.25) is 0 Å². The summed E-state index contributed by atoms with van der Waals surface area (Å²) < 4.78 is 43.7. The number of carbonyl (C=O) groups is 1. The highest BCUT2D eigenvalue weighted by molar-refractivity contribution is 5.91. The fourth-order valence-corrected chi connectivity index (χ4v) is 4.69. The number of hydrogen-bond donors (Lipinski definition) is 3. The highest BCUT2D eigenvalue weighted by Gasteiger charge is 2.36. The second-order valence-electron chi connectivity index (χ2n) is 9.81. The van der Waals surface area contributed by atoms with Gasteiger partial charge in [-0.15, -0.1) is 0 Å². The van der Waals surface area contributed by atoms with Crippen molar-refractivity contribution in [2.75, 3.05) is 61.5 Å². The number of aromatic nitrogens is 1. The molecular formula is C26H34F3N5O3. The monoisotopic (exact) mass is 521 g/mol. The van der Waals surface area contributed by atoms with E-state index in [1.807, 2.05) is 31.2 Å². The molecule has 2 aliphatic heterocycles. The molecule has 0 radical (unpaired) electrons. The van der Waals surface area contributed by atoms with Gasteiger partial charge in [0.05, 0.1) is 19.3 Å². The van der Waals surface area contributed by atoms with Gasteiger partial charge < -0.3 is 30.3 Å². The number of ether oxygens (including phenoxy) is 1. The molecule has 11 heteroatoms. The molecule has 0 saturated carbocycles. The number of pyridine rings is 1. The van der Waals surface area contributed by atoms with Gasteiger partial charge in [0.1, 0.15) is 11.6 Å². The van der Waals surface area contributed by atoms with Crippen LogP contribution in [0.25, 0.3) is 11.1 Å². The Morgan fingerprint density at radius 1 is 1.22 bits per heavy atom. The number of aliphatic hydroxyl groups is 1. The van der Waals surface area contributed by atoms with E-state index in [9.17, 15) is 23.1 Å². The number of halogens is 3. The smallest absolute Gasteiger partial charge is 0.389 e. The molecule has 2 amide bonds. The number of benzene rings is 1. The molecule has 0 aliphatic carbocycles. The lowest BCUT2D eigenvalue weighted by Gasteiger charge is -2.28. The van der Waals surface area contributed by atoms with Crippen LogP contribution in [0.5, 0.6) is 0 Å². The van der Waals surface area contributed by atoms with E-state index in [2.05, 4.69) is 15.5 Å². The third-order valence-corrected chi connectivity index (χ3v) is 6.62. The average Bonchev–Trinajstić information content (AvgIpc) is 3.31. The van der Waals surface area contributed by atoms with Gasteiger partial charge in [-0.25, -0.2) is 9.78 Å². The summed E-state index contributed by atoms with van der Waals surface area (Å²) in [4.78, 5) is 21.1. The summed E-state index contributed by atoms with van der Waals surface area (Å²) in [6.07, 6.45) is -5.30. The van der Waals surface area contributed by atoms with Crippen molar-refractivity contribution < 1.29 is 27.8 Å². The molecule has 1 aromatic heterocycles. The molecule has 1 aromatic carbocycles. The Bertz CT molecular complexity index is 1090. The van der Waals surface area contributed by atoms with Crippen LogP contribution < -0.4 is 15.5 Å². The van der Waals surface area contributed by atoms with Gasteiger partial charge in [0.15, 0.2) is 0 Å². The lowest BCUT2D eigenvalue weighted by molar-refractivity contribution is -0.143. The predicted octanol–water partition coefficient (Wildman–Crippen LogP) is 4.49. The summed E-state index contributed by atoms with van der Waals surface area (Å²) >= 11 is 0. The van der Waals surface area contributed by atoms with Crippen LogP contribution in [0.1, 0.15) is 25.3 Å². The minimum atomic E-state index is -4.23. The lowest BCUT2D eigenvalue weighted by atomic mass is 10.00. The van der Waals surface area contributed by atoms with Gasteiger partial charge in [0.25, 0.3) is 0 Å². The maximum Gasteiger partial charge on any atom is 0.389 e. The standard InChI is InChI=1S/C26H34F3N5O3/c1-17-3-4-21(31-25(36)34-6-5-19(16-34)14-26(27,28)29)13-22(17)20-11-23(30-15-18(2)35)32-24(12-20)33-7-9-37-10-8-33/h3-4,11-13,18-19,35H,5-10,14-16H2,1-2H3,(H,30,32)(H,31,36)/t18?,19-/m0/s1. The quantitative estimate of drug-likeness (QED) is 0.498. The Balaban J connectivity index is 1.54. The maximum absolute atomic E-state index is 12.8. The third-order valence-electron chi connectivity index (χ3n) is 6.62. The van der Waals surface area contributed by atoms with Crippen molar-refractivity contribution in [1.29, 1.82) is 0 Å². The van der Waals surface area contributed by atoms with Crippen molar-refractivity contribution in [3.63, 3.8) is 0 Å². The first-order valence-corrected chi connectivity index (χ1v) is 12.6. The van der Waals surface area contributed by atoms with E-state index in [1.165, 1.54) is 4.90 Å². The summed E-state index contributed by atoms with van der Waals surface area (Å²) in [6.45, 7) is 7.07. The van der Waals surface area contributed by atoms with Gasteiger partial charge in [-0.1, -0.05) is 6.07 Å².